The smallest absolute Gasteiger partial charge is 0.387 e. The Hall–Kier alpha value is -1.65. The van der Waals surface area contributed by atoms with Gasteiger partial charge in [-0.3, -0.25) is 4.79 Å². The van der Waals surface area contributed by atoms with Crippen molar-refractivity contribution in [1.29, 1.82) is 0 Å². The van der Waals surface area contributed by atoms with E-state index in [-0.39, 0.29) is 42.2 Å². The first kappa shape index (κ1) is 23.4. The maximum atomic E-state index is 12.1. The zero-order chi connectivity index (χ0) is 17.9. The predicted molar refractivity (Wildman–Crippen MR) is 105 cm³/mol. The van der Waals surface area contributed by atoms with Crippen LogP contribution in [0.1, 0.15) is 19.4 Å². The molecule has 1 aromatic carbocycles. The van der Waals surface area contributed by atoms with Crippen molar-refractivity contribution in [3.63, 3.8) is 0 Å². The highest BCUT2D eigenvalue weighted by atomic mass is 127. The lowest BCUT2D eigenvalue weighted by Crippen LogP contribution is -2.39. The molecule has 1 aromatic rings. The van der Waals surface area contributed by atoms with Crippen LogP contribution in [0.4, 0.5) is 8.78 Å². The third-order valence-electron chi connectivity index (χ3n) is 3.01. The number of hydrogen-bond acceptors (Lipinski definition) is 3. The molecule has 1 rings (SSSR count). The molecule has 0 aliphatic rings. The van der Waals surface area contributed by atoms with Crippen LogP contribution in [0.25, 0.3) is 0 Å². The van der Waals surface area contributed by atoms with Crippen LogP contribution in [-0.2, 0) is 11.3 Å². The van der Waals surface area contributed by atoms with E-state index < -0.39 is 6.61 Å². The number of benzene rings is 1. The zero-order valence-electron chi connectivity index (χ0n) is 14.6. The third-order valence-corrected chi connectivity index (χ3v) is 3.01. The number of hydrogen-bond donors (Lipinski definition) is 2. The normalized spacial score (nSPS) is 10.9. The molecule has 142 valence electrons. The molecule has 0 radical (unpaired) electrons. The van der Waals surface area contributed by atoms with Gasteiger partial charge in [0.2, 0.25) is 5.91 Å². The van der Waals surface area contributed by atoms with Crippen LogP contribution in [0.15, 0.2) is 29.3 Å². The summed E-state index contributed by atoms with van der Waals surface area (Å²) in [5.41, 5.74) is 0.905. The molecule has 0 saturated carbocycles. The lowest BCUT2D eigenvalue weighted by molar-refractivity contribution is -0.119. The van der Waals surface area contributed by atoms with Gasteiger partial charge in [-0.25, -0.2) is 4.99 Å². The summed E-state index contributed by atoms with van der Waals surface area (Å²) in [7, 11) is 1.84. The molecule has 0 atom stereocenters. The highest BCUT2D eigenvalue weighted by Crippen LogP contribution is 2.15. The Bertz CT molecular complexity index is 541. The molecule has 0 fully saturated rings. The van der Waals surface area contributed by atoms with Gasteiger partial charge in [0.1, 0.15) is 12.3 Å². The summed E-state index contributed by atoms with van der Waals surface area (Å²) in [6.07, 6.45) is 0. The molecule has 2 N–H and O–H groups in total. The van der Waals surface area contributed by atoms with Crippen LogP contribution in [0.5, 0.6) is 5.75 Å². The van der Waals surface area contributed by atoms with Gasteiger partial charge in [-0.1, -0.05) is 12.1 Å². The SMILES string of the molecule is CCNC(=O)CN=C(NCC)N(C)Cc1ccc(OC(F)F)cc1.I. The quantitative estimate of drug-likeness (QED) is 0.348. The van der Waals surface area contributed by atoms with Crippen molar-refractivity contribution in [2.75, 3.05) is 26.7 Å². The standard InChI is InChI=1S/C16H24F2N4O2.HI/c1-4-19-14(23)10-21-16(20-5-2)22(3)11-12-6-8-13(9-7-12)24-15(17)18;/h6-9,15H,4-5,10-11H2,1-3H3,(H,19,23)(H,20,21);1H. The molecule has 0 heterocycles. The van der Waals surface area contributed by atoms with E-state index >= 15 is 0 Å². The van der Waals surface area contributed by atoms with Gasteiger partial charge in [0.05, 0.1) is 0 Å². The molecule has 25 heavy (non-hydrogen) atoms. The molecule has 0 unspecified atom stereocenters. The number of alkyl halides is 2. The molecular formula is C16H25F2IN4O2. The van der Waals surface area contributed by atoms with Crippen molar-refractivity contribution in [1.82, 2.24) is 15.5 Å². The van der Waals surface area contributed by atoms with Crippen molar-refractivity contribution in [2.45, 2.75) is 27.0 Å². The highest BCUT2D eigenvalue weighted by molar-refractivity contribution is 14.0. The van der Waals surface area contributed by atoms with E-state index in [4.69, 9.17) is 0 Å². The Labute approximate surface area is 164 Å². The van der Waals surface area contributed by atoms with Gasteiger partial charge in [0.15, 0.2) is 5.96 Å². The van der Waals surface area contributed by atoms with Crippen LogP contribution in [-0.4, -0.2) is 50.1 Å². The Morgan fingerprint density at radius 1 is 1.20 bits per heavy atom. The number of aliphatic imine (C=N–C) groups is 1. The largest absolute Gasteiger partial charge is 0.435 e. The summed E-state index contributed by atoms with van der Waals surface area (Å²) in [5, 5.41) is 5.80. The average Bonchev–Trinajstić information content (AvgIpc) is 2.53. The first-order valence-corrected chi connectivity index (χ1v) is 7.76. The van der Waals surface area contributed by atoms with E-state index in [9.17, 15) is 13.6 Å². The van der Waals surface area contributed by atoms with E-state index in [1.807, 2.05) is 25.8 Å². The number of nitrogens with zero attached hydrogens (tertiary/aromatic N) is 2. The number of nitrogens with one attached hydrogen (secondary N) is 2. The van der Waals surface area contributed by atoms with E-state index in [0.29, 0.717) is 25.6 Å². The third kappa shape index (κ3) is 9.42. The van der Waals surface area contributed by atoms with Gasteiger partial charge in [-0.15, -0.1) is 24.0 Å². The van der Waals surface area contributed by atoms with Gasteiger partial charge in [0.25, 0.3) is 0 Å². The fraction of sp³-hybridized carbons (Fsp3) is 0.500. The van der Waals surface area contributed by atoms with Crippen LogP contribution in [0.3, 0.4) is 0 Å². The van der Waals surface area contributed by atoms with Crippen molar-refractivity contribution in [3.8, 4) is 5.75 Å². The van der Waals surface area contributed by atoms with Crippen molar-refractivity contribution < 1.29 is 18.3 Å². The highest BCUT2D eigenvalue weighted by Gasteiger charge is 2.09. The Kier molecular flexibility index (Phi) is 11.8. The summed E-state index contributed by atoms with van der Waals surface area (Å²) >= 11 is 0. The molecule has 9 heteroatoms. The van der Waals surface area contributed by atoms with Crippen LogP contribution < -0.4 is 15.4 Å². The van der Waals surface area contributed by atoms with Crippen molar-refractivity contribution in [3.05, 3.63) is 29.8 Å². The summed E-state index contributed by atoms with van der Waals surface area (Å²) in [4.78, 5) is 17.7. The number of carbonyl (C=O) groups is 1. The Balaban J connectivity index is 0.00000576. The van der Waals surface area contributed by atoms with Crippen molar-refractivity contribution >= 4 is 35.8 Å². The minimum atomic E-state index is -2.83. The van der Waals surface area contributed by atoms with Crippen LogP contribution in [0, 0.1) is 0 Å². The summed E-state index contributed by atoms with van der Waals surface area (Å²) < 4.78 is 28.6. The number of carbonyl (C=O) groups excluding carboxylic acids is 1. The second-order valence-electron chi connectivity index (χ2n) is 5.00. The monoisotopic (exact) mass is 470 g/mol. The molecule has 0 aliphatic heterocycles. The molecular weight excluding hydrogens is 445 g/mol. The van der Waals surface area contributed by atoms with E-state index in [1.165, 1.54) is 12.1 Å². The zero-order valence-corrected chi connectivity index (χ0v) is 16.9. The Morgan fingerprint density at radius 3 is 2.32 bits per heavy atom. The number of amides is 1. The van der Waals surface area contributed by atoms with Gasteiger partial charge in [0, 0.05) is 26.7 Å². The number of likely N-dealkylation sites (N-methyl/N-ethyl adjacent to an activating group) is 1. The summed E-state index contributed by atoms with van der Waals surface area (Å²) in [5.74, 6) is 0.569. The topological polar surface area (TPSA) is 66.0 Å². The summed E-state index contributed by atoms with van der Waals surface area (Å²) in [6, 6.07) is 6.41. The molecule has 0 spiro atoms. The van der Waals surface area contributed by atoms with Crippen LogP contribution >= 0.6 is 24.0 Å². The van der Waals surface area contributed by atoms with Crippen LogP contribution in [0.2, 0.25) is 0 Å². The second kappa shape index (κ2) is 12.7. The minimum Gasteiger partial charge on any atom is -0.435 e. The van der Waals surface area contributed by atoms with E-state index in [0.717, 1.165) is 5.56 Å². The number of ether oxygens (including phenoxy) is 1. The van der Waals surface area contributed by atoms with Gasteiger partial charge >= 0.3 is 6.61 Å². The molecule has 0 aliphatic carbocycles. The Morgan fingerprint density at radius 2 is 1.80 bits per heavy atom. The minimum absolute atomic E-state index is 0. The fourth-order valence-corrected chi connectivity index (χ4v) is 1.99. The molecule has 0 bridgehead atoms. The van der Waals surface area contributed by atoms with Gasteiger partial charge < -0.3 is 20.3 Å². The summed E-state index contributed by atoms with van der Waals surface area (Å²) in [6.45, 7) is 2.73. The number of halogens is 3. The van der Waals surface area contributed by atoms with E-state index in [1.54, 1.807) is 12.1 Å². The second-order valence-corrected chi connectivity index (χ2v) is 5.00. The molecule has 0 aromatic heterocycles. The number of rotatable bonds is 8. The maximum absolute atomic E-state index is 12.1. The van der Waals surface area contributed by atoms with Gasteiger partial charge in [-0.05, 0) is 31.5 Å². The van der Waals surface area contributed by atoms with E-state index in [2.05, 4.69) is 20.4 Å². The fourth-order valence-electron chi connectivity index (χ4n) is 1.99. The first-order chi connectivity index (χ1) is 11.5. The lowest BCUT2D eigenvalue weighted by Gasteiger charge is -2.22. The van der Waals surface area contributed by atoms with Crippen molar-refractivity contribution in [2.24, 2.45) is 4.99 Å². The van der Waals surface area contributed by atoms with Gasteiger partial charge in [-0.2, -0.15) is 8.78 Å². The average molecular weight is 470 g/mol. The lowest BCUT2D eigenvalue weighted by atomic mass is 10.2. The molecule has 1 amide bonds. The predicted octanol–water partition coefficient (Wildman–Crippen LogP) is 2.44. The first-order valence-electron chi connectivity index (χ1n) is 7.76. The number of guanidine groups is 1. The molecule has 0 saturated heterocycles. The maximum Gasteiger partial charge on any atom is 0.387 e. The molecule has 6 nitrogen and oxygen atoms in total.